The Morgan fingerprint density at radius 2 is 2.13 bits per heavy atom. The van der Waals surface area contributed by atoms with Crippen LogP contribution in [0.3, 0.4) is 0 Å². The molecular formula is C17H19F3N2O. The van der Waals surface area contributed by atoms with E-state index in [1.165, 1.54) is 18.2 Å². The number of amides is 1. The van der Waals surface area contributed by atoms with Crippen LogP contribution in [0.4, 0.5) is 13.2 Å². The summed E-state index contributed by atoms with van der Waals surface area (Å²) in [4.78, 5) is 14.1. The van der Waals surface area contributed by atoms with Gasteiger partial charge in [-0.2, -0.15) is 13.2 Å². The molecule has 1 atom stereocenters. The van der Waals surface area contributed by atoms with E-state index >= 15 is 0 Å². The van der Waals surface area contributed by atoms with Crippen molar-refractivity contribution in [3.8, 4) is 11.8 Å². The van der Waals surface area contributed by atoms with Crippen LogP contribution in [-0.4, -0.2) is 37.5 Å². The Balaban J connectivity index is 1.93. The summed E-state index contributed by atoms with van der Waals surface area (Å²) in [6.07, 6.45) is -2.62. The summed E-state index contributed by atoms with van der Waals surface area (Å²) in [6.45, 7) is 1.74. The van der Waals surface area contributed by atoms with E-state index in [1.54, 1.807) is 0 Å². The Kier molecular flexibility index (Phi) is 5.67. The summed E-state index contributed by atoms with van der Waals surface area (Å²) < 4.78 is 38.5. The topological polar surface area (TPSA) is 32.3 Å². The fourth-order valence-electron chi connectivity index (χ4n) is 2.63. The zero-order chi connectivity index (χ0) is 16.9. The second-order valence-corrected chi connectivity index (χ2v) is 5.66. The number of carbonyl (C=O) groups excluding carboxylic acids is 1. The molecule has 3 nitrogen and oxygen atoms in total. The quantitative estimate of drug-likeness (QED) is 0.848. The fourth-order valence-corrected chi connectivity index (χ4v) is 2.63. The predicted molar refractivity (Wildman–Crippen MR) is 81.6 cm³/mol. The molecule has 1 aliphatic heterocycles. The van der Waals surface area contributed by atoms with Crippen LogP contribution in [0.1, 0.15) is 24.0 Å². The lowest BCUT2D eigenvalue weighted by Crippen LogP contribution is -2.41. The van der Waals surface area contributed by atoms with Crippen molar-refractivity contribution >= 4 is 5.91 Å². The number of nitrogens with one attached hydrogen (secondary N) is 1. The van der Waals surface area contributed by atoms with Gasteiger partial charge in [-0.25, -0.2) is 0 Å². The Labute approximate surface area is 133 Å². The van der Waals surface area contributed by atoms with Crippen LogP contribution in [0.5, 0.6) is 0 Å². The number of carbonyl (C=O) groups is 1. The third kappa shape index (κ3) is 5.00. The minimum atomic E-state index is -4.43. The van der Waals surface area contributed by atoms with Crippen LogP contribution in [0.2, 0.25) is 0 Å². The third-order valence-corrected chi connectivity index (χ3v) is 3.80. The molecular weight excluding hydrogens is 305 g/mol. The standard InChI is InChI=1S/C17H19F3N2O/c1-22-11-5-8-14(12-22)16(23)21-10-4-7-13-6-2-3-9-15(13)17(18,19)20/h2-3,6,9,14H,5,8,10-12H2,1H3,(H,21,23). The lowest BCUT2D eigenvalue weighted by atomic mass is 9.98. The molecule has 1 heterocycles. The zero-order valence-electron chi connectivity index (χ0n) is 12.9. The highest BCUT2D eigenvalue weighted by Crippen LogP contribution is 2.31. The van der Waals surface area contributed by atoms with Crippen LogP contribution in [0.25, 0.3) is 0 Å². The normalized spacial score (nSPS) is 18.9. The maximum atomic E-state index is 12.8. The smallest absolute Gasteiger partial charge is 0.345 e. The minimum absolute atomic E-state index is 0.0469. The van der Waals surface area contributed by atoms with E-state index in [9.17, 15) is 18.0 Å². The van der Waals surface area contributed by atoms with E-state index in [-0.39, 0.29) is 23.9 Å². The summed E-state index contributed by atoms with van der Waals surface area (Å²) in [5.74, 6) is 4.93. The third-order valence-electron chi connectivity index (χ3n) is 3.80. The maximum Gasteiger partial charge on any atom is 0.417 e. The number of hydrogen-bond donors (Lipinski definition) is 1. The van der Waals surface area contributed by atoms with Crippen LogP contribution in [0, 0.1) is 17.8 Å². The highest BCUT2D eigenvalue weighted by molar-refractivity contribution is 5.79. The van der Waals surface area contributed by atoms with E-state index in [4.69, 9.17) is 0 Å². The highest BCUT2D eigenvalue weighted by atomic mass is 19.4. The number of hydrogen-bond acceptors (Lipinski definition) is 2. The molecule has 0 aliphatic carbocycles. The van der Waals surface area contributed by atoms with Gasteiger partial charge in [-0.15, -0.1) is 0 Å². The molecule has 1 amide bonds. The van der Waals surface area contributed by atoms with Gasteiger partial charge in [0.1, 0.15) is 0 Å². The molecule has 0 radical (unpaired) electrons. The summed E-state index contributed by atoms with van der Waals surface area (Å²) in [6, 6.07) is 5.17. The fraction of sp³-hybridized carbons (Fsp3) is 0.471. The van der Waals surface area contributed by atoms with Crippen molar-refractivity contribution in [3.05, 3.63) is 35.4 Å². The summed E-state index contributed by atoms with van der Waals surface area (Å²) >= 11 is 0. The van der Waals surface area contributed by atoms with E-state index in [1.807, 2.05) is 7.05 Å². The average Bonchev–Trinajstić information content (AvgIpc) is 2.51. The summed E-state index contributed by atoms with van der Waals surface area (Å²) in [5, 5.41) is 2.68. The van der Waals surface area contributed by atoms with E-state index < -0.39 is 11.7 Å². The molecule has 2 rings (SSSR count). The molecule has 6 heteroatoms. The largest absolute Gasteiger partial charge is 0.417 e. The summed E-state index contributed by atoms with van der Waals surface area (Å²) in [7, 11) is 1.97. The second kappa shape index (κ2) is 7.51. The molecule has 23 heavy (non-hydrogen) atoms. The first-order valence-electron chi connectivity index (χ1n) is 7.49. The van der Waals surface area contributed by atoms with Gasteiger partial charge in [-0.1, -0.05) is 24.0 Å². The van der Waals surface area contributed by atoms with Gasteiger partial charge in [-0.05, 0) is 38.6 Å². The van der Waals surface area contributed by atoms with Crippen LogP contribution in [-0.2, 0) is 11.0 Å². The minimum Gasteiger partial charge on any atom is -0.345 e. The molecule has 1 fully saturated rings. The van der Waals surface area contributed by atoms with E-state index in [0.717, 1.165) is 25.5 Å². The van der Waals surface area contributed by atoms with Gasteiger partial charge in [0.2, 0.25) is 5.91 Å². The van der Waals surface area contributed by atoms with Gasteiger partial charge in [0.15, 0.2) is 0 Å². The molecule has 1 N–H and O–H groups in total. The first kappa shape index (κ1) is 17.4. The zero-order valence-corrected chi connectivity index (χ0v) is 12.9. The molecule has 1 aliphatic rings. The van der Waals surface area contributed by atoms with Gasteiger partial charge in [0.05, 0.1) is 18.0 Å². The van der Waals surface area contributed by atoms with Crippen LogP contribution >= 0.6 is 0 Å². The number of rotatable bonds is 2. The van der Waals surface area contributed by atoms with Gasteiger partial charge < -0.3 is 10.2 Å². The number of likely N-dealkylation sites (tertiary alicyclic amines) is 1. The molecule has 1 unspecified atom stereocenters. The predicted octanol–water partition coefficient (Wildman–Crippen LogP) is 2.51. The molecule has 124 valence electrons. The SMILES string of the molecule is CN1CCCC(C(=O)NCC#Cc2ccccc2C(F)(F)F)C1. The molecule has 0 spiro atoms. The number of piperidine rings is 1. The molecule has 0 aromatic heterocycles. The number of halogens is 3. The molecule has 1 aromatic carbocycles. The van der Waals surface area contributed by atoms with Gasteiger partial charge in [0.25, 0.3) is 0 Å². The lowest BCUT2D eigenvalue weighted by molar-refractivity contribution is -0.137. The number of alkyl halides is 3. The molecule has 0 bridgehead atoms. The van der Waals surface area contributed by atoms with Crippen molar-refractivity contribution in [1.82, 2.24) is 10.2 Å². The van der Waals surface area contributed by atoms with Crippen molar-refractivity contribution in [1.29, 1.82) is 0 Å². The molecule has 1 aromatic rings. The van der Waals surface area contributed by atoms with Gasteiger partial charge in [0, 0.05) is 12.1 Å². The Morgan fingerprint density at radius 3 is 2.83 bits per heavy atom. The van der Waals surface area contributed by atoms with Crippen molar-refractivity contribution in [3.63, 3.8) is 0 Å². The van der Waals surface area contributed by atoms with Crippen molar-refractivity contribution < 1.29 is 18.0 Å². The van der Waals surface area contributed by atoms with Crippen molar-refractivity contribution in [2.75, 3.05) is 26.7 Å². The van der Waals surface area contributed by atoms with Crippen molar-refractivity contribution in [2.24, 2.45) is 5.92 Å². The monoisotopic (exact) mass is 324 g/mol. The van der Waals surface area contributed by atoms with Gasteiger partial charge in [-0.3, -0.25) is 4.79 Å². The van der Waals surface area contributed by atoms with E-state index in [0.29, 0.717) is 6.54 Å². The Hall–Kier alpha value is -2.00. The summed E-state index contributed by atoms with van der Waals surface area (Å²) in [5.41, 5.74) is -0.834. The number of benzene rings is 1. The first-order chi connectivity index (χ1) is 10.9. The highest BCUT2D eigenvalue weighted by Gasteiger charge is 2.32. The lowest BCUT2D eigenvalue weighted by Gasteiger charge is -2.28. The molecule has 1 saturated heterocycles. The average molecular weight is 324 g/mol. The van der Waals surface area contributed by atoms with Crippen molar-refractivity contribution in [2.45, 2.75) is 19.0 Å². The number of nitrogens with zero attached hydrogens (tertiary/aromatic N) is 1. The molecule has 0 saturated carbocycles. The van der Waals surface area contributed by atoms with Crippen LogP contribution in [0.15, 0.2) is 24.3 Å². The Bertz CT molecular complexity index is 616. The second-order valence-electron chi connectivity index (χ2n) is 5.66. The van der Waals surface area contributed by atoms with Crippen LogP contribution < -0.4 is 5.32 Å². The first-order valence-corrected chi connectivity index (χ1v) is 7.49. The van der Waals surface area contributed by atoms with E-state index in [2.05, 4.69) is 22.1 Å². The van der Waals surface area contributed by atoms with Gasteiger partial charge >= 0.3 is 6.18 Å². The Morgan fingerprint density at radius 1 is 1.39 bits per heavy atom. The maximum absolute atomic E-state index is 12.8.